The zero-order chi connectivity index (χ0) is 16.9. The molecule has 1 N–H and O–H groups in total. The zero-order valence-electron chi connectivity index (χ0n) is 13.1. The number of benzene rings is 2. The van der Waals surface area contributed by atoms with Gasteiger partial charge in [-0.05, 0) is 37.6 Å². The van der Waals surface area contributed by atoms with E-state index in [4.69, 9.17) is 4.74 Å². The Kier molecular flexibility index (Phi) is 5.39. The summed E-state index contributed by atoms with van der Waals surface area (Å²) < 4.78 is 33.1. The van der Waals surface area contributed by atoms with Crippen molar-refractivity contribution in [3.05, 3.63) is 54.1 Å². The number of ether oxygens (including phenoxy) is 1. The first kappa shape index (κ1) is 17.0. The molecule has 0 atom stereocenters. The van der Waals surface area contributed by atoms with Gasteiger partial charge in [0.1, 0.15) is 5.75 Å². The van der Waals surface area contributed by atoms with Crippen molar-refractivity contribution in [1.82, 2.24) is 0 Å². The fourth-order valence-electron chi connectivity index (χ4n) is 1.97. The molecule has 0 amide bonds. The zero-order valence-corrected chi connectivity index (χ0v) is 13.9. The van der Waals surface area contributed by atoms with Crippen LogP contribution in [0.4, 0.5) is 5.69 Å². The van der Waals surface area contributed by atoms with Crippen molar-refractivity contribution in [1.29, 1.82) is 0 Å². The molecule has 0 heterocycles. The van der Waals surface area contributed by atoms with Crippen LogP contribution in [0.1, 0.15) is 30.6 Å². The Morgan fingerprint density at radius 3 is 2.57 bits per heavy atom. The van der Waals surface area contributed by atoms with E-state index < -0.39 is 10.0 Å². The van der Waals surface area contributed by atoms with Gasteiger partial charge in [0, 0.05) is 5.56 Å². The van der Waals surface area contributed by atoms with Crippen LogP contribution in [-0.2, 0) is 10.0 Å². The molecule has 5 nitrogen and oxygen atoms in total. The number of rotatable bonds is 7. The van der Waals surface area contributed by atoms with Crippen molar-refractivity contribution in [2.45, 2.75) is 25.2 Å². The summed E-state index contributed by atoms with van der Waals surface area (Å²) in [5.41, 5.74) is 0.720. The molecule has 0 bridgehead atoms. The summed E-state index contributed by atoms with van der Waals surface area (Å²) in [6, 6.07) is 12.8. The smallest absolute Gasteiger partial charge is 0.262 e. The van der Waals surface area contributed by atoms with Crippen molar-refractivity contribution in [2.75, 3.05) is 11.3 Å². The van der Waals surface area contributed by atoms with E-state index in [0.717, 1.165) is 6.42 Å². The number of carbonyl (C=O) groups excluding carboxylic acids is 1. The molecule has 0 aromatic heterocycles. The lowest BCUT2D eigenvalue weighted by Crippen LogP contribution is -2.14. The predicted molar refractivity (Wildman–Crippen MR) is 89.5 cm³/mol. The Labute approximate surface area is 136 Å². The minimum Gasteiger partial charge on any atom is -0.491 e. The van der Waals surface area contributed by atoms with Crippen molar-refractivity contribution < 1.29 is 17.9 Å². The van der Waals surface area contributed by atoms with E-state index in [1.54, 1.807) is 36.4 Å². The van der Waals surface area contributed by atoms with E-state index in [-0.39, 0.29) is 10.7 Å². The molecular formula is C17H19NO4S. The Bertz CT molecular complexity index is 800. The fourth-order valence-corrected chi connectivity index (χ4v) is 3.09. The number of nitrogens with one attached hydrogen (secondary N) is 1. The molecule has 0 spiro atoms. The van der Waals surface area contributed by atoms with Crippen LogP contribution >= 0.6 is 0 Å². The summed E-state index contributed by atoms with van der Waals surface area (Å²) >= 11 is 0. The molecule has 0 saturated carbocycles. The first-order valence-electron chi connectivity index (χ1n) is 7.29. The van der Waals surface area contributed by atoms with E-state index >= 15 is 0 Å². The summed E-state index contributed by atoms with van der Waals surface area (Å²) in [6.07, 6.45) is 0.821. The summed E-state index contributed by atoms with van der Waals surface area (Å²) in [6.45, 7) is 3.87. The normalized spacial score (nSPS) is 11.0. The number of hydrogen-bond donors (Lipinski definition) is 1. The molecule has 6 heteroatoms. The molecule has 23 heavy (non-hydrogen) atoms. The Morgan fingerprint density at radius 1 is 1.13 bits per heavy atom. The topological polar surface area (TPSA) is 72.5 Å². The number of carbonyl (C=O) groups is 1. The highest BCUT2D eigenvalue weighted by Gasteiger charge is 2.17. The van der Waals surface area contributed by atoms with Gasteiger partial charge in [-0.3, -0.25) is 9.52 Å². The summed E-state index contributed by atoms with van der Waals surface area (Å²) in [5.74, 6) is 0.286. The molecule has 2 rings (SSSR count). The first-order valence-corrected chi connectivity index (χ1v) is 8.78. The number of sulfonamides is 1. The molecule has 0 aliphatic heterocycles. The molecule has 0 aliphatic rings. The van der Waals surface area contributed by atoms with E-state index in [9.17, 15) is 13.2 Å². The minimum atomic E-state index is -3.80. The highest BCUT2D eigenvalue weighted by atomic mass is 32.2. The standard InChI is InChI=1S/C17H19NO4S/c1-3-11-22-17-10-5-4-9-16(17)18-23(20,21)15-8-6-7-14(12-15)13(2)19/h4-10,12,18H,3,11H2,1-2H3. The maximum absolute atomic E-state index is 12.5. The monoisotopic (exact) mass is 333 g/mol. The first-order chi connectivity index (χ1) is 10.9. The Hall–Kier alpha value is -2.34. The molecule has 0 saturated heterocycles. The van der Waals surface area contributed by atoms with Gasteiger partial charge in [0.15, 0.2) is 5.78 Å². The summed E-state index contributed by atoms with van der Waals surface area (Å²) in [4.78, 5) is 11.5. The van der Waals surface area contributed by atoms with Gasteiger partial charge in [-0.25, -0.2) is 8.42 Å². The molecule has 2 aromatic carbocycles. The number of hydrogen-bond acceptors (Lipinski definition) is 4. The van der Waals surface area contributed by atoms with Crippen LogP contribution in [0.5, 0.6) is 5.75 Å². The average molecular weight is 333 g/mol. The van der Waals surface area contributed by atoms with Crippen molar-refractivity contribution in [3.8, 4) is 5.75 Å². The highest BCUT2D eigenvalue weighted by molar-refractivity contribution is 7.92. The van der Waals surface area contributed by atoms with Gasteiger partial charge in [-0.2, -0.15) is 0 Å². The molecular weight excluding hydrogens is 314 g/mol. The van der Waals surface area contributed by atoms with Gasteiger partial charge in [0.25, 0.3) is 10.0 Å². The number of anilines is 1. The van der Waals surface area contributed by atoms with Gasteiger partial charge in [-0.15, -0.1) is 0 Å². The van der Waals surface area contributed by atoms with Crippen LogP contribution < -0.4 is 9.46 Å². The highest BCUT2D eigenvalue weighted by Crippen LogP contribution is 2.27. The van der Waals surface area contributed by atoms with Gasteiger partial charge in [0.05, 0.1) is 17.2 Å². The van der Waals surface area contributed by atoms with E-state index in [2.05, 4.69) is 4.72 Å². The second-order valence-electron chi connectivity index (χ2n) is 5.03. The summed E-state index contributed by atoms with van der Waals surface area (Å²) in [7, 11) is -3.80. The molecule has 2 aromatic rings. The second-order valence-corrected chi connectivity index (χ2v) is 6.72. The van der Waals surface area contributed by atoms with E-state index in [1.807, 2.05) is 6.92 Å². The van der Waals surface area contributed by atoms with Crippen LogP contribution in [0, 0.1) is 0 Å². The molecule has 0 unspecified atom stereocenters. The lowest BCUT2D eigenvalue weighted by Gasteiger charge is -2.13. The Morgan fingerprint density at radius 2 is 1.87 bits per heavy atom. The van der Waals surface area contributed by atoms with Crippen molar-refractivity contribution in [3.63, 3.8) is 0 Å². The average Bonchev–Trinajstić information content (AvgIpc) is 2.54. The molecule has 122 valence electrons. The van der Waals surface area contributed by atoms with Crippen LogP contribution in [0.2, 0.25) is 0 Å². The number of Topliss-reactive ketones (excluding diaryl/α,β-unsaturated/α-hetero) is 1. The largest absolute Gasteiger partial charge is 0.491 e. The Balaban J connectivity index is 2.32. The minimum absolute atomic E-state index is 0.0375. The van der Waals surface area contributed by atoms with Crippen molar-refractivity contribution >= 4 is 21.5 Å². The second kappa shape index (κ2) is 7.28. The van der Waals surface area contributed by atoms with E-state index in [0.29, 0.717) is 23.6 Å². The lowest BCUT2D eigenvalue weighted by molar-refractivity contribution is 0.101. The van der Waals surface area contributed by atoms with Crippen LogP contribution in [-0.4, -0.2) is 20.8 Å². The van der Waals surface area contributed by atoms with E-state index in [1.165, 1.54) is 19.1 Å². The predicted octanol–water partition coefficient (Wildman–Crippen LogP) is 3.48. The fraction of sp³-hybridized carbons (Fsp3) is 0.235. The number of ketones is 1. The maximum Gasteiger partial charge on any atom is 0.262 e. The summed E-state index contributed by atoms with van der Waals surface area (Å²) in [5, 5.41) is 0. The third-order valence-corrected chi connectivity index (χ3v) is 4.51. The lowest BCUT2D eigenvalue weighted by atomic mass is 10.2. The van der Waals surface area contributed by atoms with Gasteiger partial charge in [-0.1, -0.05) is 31.2 Å². The molecule has 0 fully saturated rings. The molecule has 0 aliphatic carbocycles. The van der Waals surface area contributed by atoms with Crippen LogP contribution in [0.25, 0.3) is 0 Å². The van der Waals surface area contributed by atoms with Crippen LogP contribution in [0.15, 0.2) is 53.4 Å². The van der Waals surface area contributed by atoms with Crippen molar-refractivity contribution in [2.24, 2.45) is 0 Å². The third kappa shape index (κ3) is 4.32. The van der Waals surface area contributed by atoms with Gasteiger partial charge < -0.3 is 4.74 Å². The maximum atomic E-state index is 12.5. The van der Waals surface area contributed by atoms with Crippen LogP contribution in [0.3, 0.4) is 0 Å². The van der Waals surface area contributed by atoms with Gasteiger partial charge in [0.2, 0.25) is 0 Å². The SMILES string of the molecule is CCCOc1ccccc1NS(=O)(=O)c1cccc(C(C)=O)c1. The number of para-hydroxylation sites is 2. The third-order valence-electron chi connectivity index (χ3n) is 3.14. The molecule has 0 radical (unpaired) electrons. The quantitative estimate of drug-likeness (QED) is 0.787. The van der Waals surface area contributed by atoms with Gasteiger partial charge >= 0.3 is 0 Å².